The Morgan fingerprint density at radius 3 is 1.74 bits per heavy atom. The maximum absolute atomic E-state index is 13.7. The second kappa shape index (κ2) is 12.6. The number of ether oxygens (including phenoxy) is 3. The fourth-order valence-corrected chi connectivity index (χ4v) is 6.72. The van der Waals surface area contributed by atoms with Crippen LogP contribution in [0, 0.1) is 0 Å². The van der Waals surface area contributed by atoms with Gasteiger partial charge in [0.1, 0.15) is 40.6 Å². The highest BCUT2D eigenvalue weighted by Gasteiger charge is 2.48. The van der Waals surface area contributed by atoms with Crippen molar-refractivity contribution < 1.29 is 80.3 Å². The van der Waals surface area contributed by atoms with E-state index in [0.717, 1.165) is 42.5 Å². The number of rotatable bonds is 5. The Morgan fingerprint density at radius 1 is 0.566 bits per heavy atom. The summed E-state index contributed by atoms with van der Waals surface area (Å²) in [5, 5.41) is 127. The molecule has 0 aromatic heterocycles. The third-order valence-corrected chi connectivity index (χ3v) is 9.21. The number of phenols is 11. The van der Waals surface area contributed by atoms with Gasteiger partial charge in [-0.15, -0.1) is 0 Å². The van der Waals surface area contributed by atoms with E-state index in [4.69, 9.17) is 14.2 Å². The molecule has 0 saturated carbocycles. The SMILES string of the molecule is O=C(O[C@@H]1[C@@H](c2c(O)cc3c(c2O)C[C@@H](O)[C@H](c2ccc(O)c(O)c2)O3)c2c(O)cc(O)cc2O[C@@H]1c1ccc(O)c(O)c1)c1cc(O)c(O)c(O)c1. The summed E-state index contributed by atoms with van der Waals surface area (Å²) in [7, 11) is 0. The van der Waals surface area contributed by atoms with Crippen LogP contribution in [0.15, 0.2) is 66.7 Å². The second-order valence-electron chi connectivity index (χ2n) is 12.6. The van der Waals surface area contributed by atoms with Gasteiger partial charge < -0.3 is 75.5 Å². The summed E-state index contributed by atoms with van der Waals surface area (Å²) in [4.78, 5) is 13.7. The highest BCUT2D eigenvalue weighted by Crippen LogP contribution is 2.57. The molecule has 53 heavy (non-hydrogen) atoms. The number of phenolic OH excluding ortho intramolecular Hbond substituents is 11. The molecular weight excluding hydrogens is 700 g/mol. The Morgan fingerprint density at radius 2 is 1.13 bits per heavy atom. The highest BCUT2D eigenvalue weighted by atomic mass is 16.6. The zero-order chi connectivity index (χ0) is 38.0. The van der Waals surface area contributed by atoms with Gasteiger partial charge >= 0.3 is 5.97 Å². The van der Waals surface area contributed by atoms with Gasteiger partial charge in [-0.1, -0.05) is 12.1 Å². The van der Waals surface area contributed by atoms with E-state index in [1.807, 2.05) is 0 Å². The molecule has 0 amide bonds. The van der Waals surface area contributed by atoms with Crippen molar-refractivity contribution in [2.45, 2.75) is 36.8 Å². The fourth-order valence-electron chi connectivity index (χ4n) is 6.72. The molecule has 7 rings (SSSR count). The summed E-state index contributed by atoms with van der Waals surface area (Å²) in [6.07, 6.45) is -6.04. The number of benzene rings is 5. The van der Waals surface area contributed by atoms with Crippen LogP contribution in [-0.4, -0.2) is 79.5 Å². The number of carbonyl (C=O) groups is 1. The van der Waals surface area contributed by atoms with Crippen LogP contribution in [0.25, 0.3) is 0 Å². The highest BCUT2D eigenvalue weighted by molar-refractivity contribution is 5.91. The lowest BCUT2D eigenvalue weighted by molar-refractivity contribution is -0.0275. The average molecular weight is 731 g/mol. The summed E-state index contributed by atoms with van der Waals surface area (Å²) in [5.41, 5.74) is -0.810. The first-order valence-corrected chi connectivity index (χ1v) is 15.8. The van der Waals surface area contributed by atoms with E-state index in [1.165, 1.54) is 24.3 Å². The van der Waals surface area contributed by atoms with Gasteiger partial charge in [0.2, 0.25) is 0 Å². The molecule has 0 saturated heterocycles. The molecule has 0 spiro atoms. The van der Waals surface area contributed by atoms with Crippen LogP contribution >= 0.6 is 0 Å². The molecule has 16 nitrogen and oxygen atoms in total. The average Bonchev–Trinajstić information content (AvgIpc) is 3.10. The first kappa shape index (κ1) is 34.4. The Bertz CT molecular complexity index is 2280. The van der Waals surface area contributed by atoms with E-state index < -0.39 is 105 Å². The largest absolute Gasteiger partial charge is 0.508 e. The topological polar surface area (TPSA) is 288 Å². The summed E-state index contributed by atoms with van der Waals surface area (Å²) in [6.45, 7) is 0. The molecular formula is C37H30O16. The first-order chi connectivity index (χ1) is 25.1. The van der Waals surface area contributed by atoms with E-state index in [2.05, 4.69) is 0 Å². The number of hydrogen-bond acceptors (Lipinski definition) is 16. The molecule has 0 fully saturated rings. The molecule has 0 unspecified atom stereocenters. The van der Waals surface area contributed by atoms with E-state index in [0.29, 0.717) is 0 Å². The standard InChI is InChI=1S/C37H30O16/c38-16-9-22(43)29-28(10-16)52-35(14-2-4-19(40)21(42)6-14)36(53-37(50)15-7-24(45)33(49)25(46)8-15)31(29)30-23(44)12-27-17(32(30)48)11-26(47)34(51-27)13-1-3-18(39)20(41)5-13/h1-10,12,26,31,34-36,38-49H,11H2/t26-,31-,34+,35-,36-/m1/s1. The quantitative estimate of drug-likeness (QED) is 0.0899. The lowest BCUT2D eigenvalue weighted by atomic mass is 9.77. The van der Waals surface area contributed by atoms with Crippen molar-refractivity contribution in [2.24, 2.45) is 0 Å². The van der Waals surface area contributed by atoms with Gasteiger partial charge in [0.05, 0.1) is 17.6 Å². The molecule has 274 valence electrons. The zero-order valence-corrected chi connectivity index (χ0v) is 26.9. The van der Waals surface area contributed by atoms with E-state index in [1.54, 1.807) is 0 Å². The number of aromatic hydroxyl groups is 11. The van der Waals surface area contributed by atoms with Crippen LogP contribution in [0.4, 0.5) is 0 Å². The number of fused-ring (bicyclic) bond motifs is 2. The predicted molar refractivity (Wildman–Crippen MR) is 178 cm³/mol. The number of aliphatic hydroxyl groups is 1. The monoisotopic (exact) mass is 730 g/mol. The number of carbonyl (C=O) groups excluding carboxylic acids is 1. The van der Waals surface area contributed by atoms with Crippen LogP contribution in [-0.2, 0) is 11.2 Å². The van der Waals surface area contributed by atoms with Gasteiger partial charge in [0.25, 0.3) is 0 Å². The van der Waals surface area contributed by atoms with E-state index in [9.17, 15) is 66.1 Å². The Hall–Kier alpha value is -7.07. The molecule has 5 atom stereocenters. The van der Waals surface area contributed by atoms with Crippen LogP contribution < -0.4 is 9.47 Å². The van der Waals surface area contributed by atoms with Gasteiger partial charge in [-0.05, 0) is 42.0 Å². The predicted octanol–water partition coefficient (Wildman–Crippen LogP) is 3.98. The number of aliphatic hydroxyl groups excluding tert-OH is 1. The Kier molecular flexibility index (Phi) is 8.18. The van der Waals surface area contributed by atoms with Crippen molar-refractivity contribution in [3.05, 3.63) is 100 Å². The zero-order valence-electron chi connectivity index (χ0n) is 26.9. The van der Waals surface area contributed by atoms with Gasteiger partial charge in [-0.25, -0.2) is 4.79 Å². The maximum Gasteiger partial charge on any atom is 0.338 e. The van der Waals surface area contributed by atoms with Crippen molar-refractivity contribution in [3.63, 3.8) is 0 Å². The Labute approximate surface area is 297 Å². The summed E-state index contributed by atoms with van der Waals surface area (Å²) in [6, 6.07) is 11.9. The lowest BCUT2D eigenvalue weighted by Crippen LogP contribution is -2.39. The Balaban J connectivity index is 1.41. The van der Waals surface area contributed by atoms with Crippen LogP contribution in [0.2, 0.25) is 0 Å². The van der Waals surface area contributed by atoms with Crippen LogP contribution in [0.3, 0.4) is 0 Å². The van der Waals surface area contributed by atoms with Gasteiger partial charge in [0, 0.05) is 46.9 Å². The smallest absolute Gasteiger partial charge is 0.338 e. The summed E-state index contributed by atoms with van der Waals surface area (Å²) in [5.74, 6) is -10.4. The third kappa shape index (κ3) is 5.85. The van der Waals surface area contributed by atoms with Gasteiger partial charge in [-0.2, -0.15) is 0 Å². The van der Waals surface area contributed by atoms with Crippen molar-refractivity contribution in [1.82, 2.24) is 0 Å². The van der Waals surface area contributed by atoms with Crippen molar-refractivity contribution >= 4 is 5.97 Å². The molecule has 16 heteroatoms. The lowest BCUT2D eigenvalue weighted by Gasteiger charge is -2.40. The maximum atomic E-state index is 13.7. The van der Waals surface area contributed by atoms with Crippen LogP contribution in [0.5, 0.6) is 74.7 Å². The molecule has 0 bridgehead atoms. The molecule has 0 aliphatic carbocycles. The number of esters is 1. The minimum absolute atomic E-state index is 0.0341. The second-order valence-corrected chi connectivity index (χ2v) is 12.6. The van der Waals surface area contributed by atoms with E-state index >= 15 is 0 Å². The van der Waals surface area contributed by atoms with Gasteiger partial charge in [0.15, 0.2) is 52.5 Å². The molecule has 0 radical (unpaired) electrons. The van der Waals surface area contributed by atoms with Crippen molar-refractivity contribution in [2.75, 3.05) is 0 Å². The first-order valence-electron chi connectivity index (χ1n) is 15.8. The van der Waals surface area contributed by atoms with Crippen LogP contribution in [0.1, 0.15) is 56.3 Å². The summed E-state index contributed by atoms with van der Waals surface area (Å²) < 4.78 is 18.0. The normalized spacial score (nSPS) is 20.4. The summed E-state index contributed by atoms with van der Waals surface area (Å²) >= 11 is 0. The van der Waals surface area contributed by atoms with Crippen molar-refractivity contribution in [3.8, 4) is 74.7 Å². The third-order valence-electron chi connectivity index (χ3n) is 9.21. The minimum atomic E-state index is -1.73. The minimum Gasteiger partial charge on any atom is -0.508 e. The van der Waals surface area contributed by atoms with E-state index in [-0.39, 0.29) is 45.7 Å². The molecule has 2 aliphatic heterocycles. The molecule has 5 aromatic carbocycles. The van der Waals surface area contributed by atoms with Crippen molar-refractivity contribution in [1.29, 1.82) is 0 Å². The number of hydrogen-bond donors (Lipinski definition) is 12. The van der Waals surface area contributed by atoms with Gasteiger partial charge in [-0.3, -0.25) is 0 Å². The molecule has 12 N–H and O–H groups in total. The molecule has 2 heterocycles. The molecule has 2 aliphatic rings. The molecule has 5 aromatic rings. The fraction of sp³-hybridized carbons (Fsp3) is 0.162.